The van der Waals surface area contributed by atoms with Crippen molar-refractivity contribution in [1.82, 2.24) is 0 Å². The van der Waals surface area contributed by atoms with E-state index < -0.39 is 5.82 Å². The van der Waals surface area contributed by atoms with Gasteiger partial charge in [0.1, 0.15) is 18.2 Å². The van der Waals surface area contributed by atoms with Crippen LogP contribution in [-0.4, -0.2) is 0 Å². The van der Waals surface area contributed by atoms with Gasteiger partial charge in [0, 0.05) is 4.47 Å². The van der Waals surface area contributed by atoms with Crippen LogP contribution in [0.3, 0.4) is 0 Å². The Bertz CT molecular complexity index is 607. The quantitative estimate of drug-likeness (QED) is 0.857. The Morgan fingerprint density at radius 1 is 1.22 bits per heavy atom. The number of nitrogens with zero attached hydrogens (tertiary/aromatic N) is 1. The molecule has 0 radical (unpaired) electrons. The standard InChI is InChI=1S/C14H9BrFNO/c15-12-2-1-3-14(7-12)18-9-11-4-10(8-17)5-13(16)6-11/h1-7H,9H2. The molecule has 90 valence electrons. The predicted octanol–water partition coefficient (Wildman–Crippen LogP) is 4.04. The molecule has 0 aliphatic heterocycles. The molecule has 0 amide bonds. The van der Waals surface area contributed by atoms with Crippen LogP contribution in [0.4, 0.5) is 4.39 Å². The van der Waals surface area contributed by atoms with E-state index in [2.05, 4.69) is 15.9 Å². The zero-order chi connectivity index (χ0) is 13.0. The Morgan fingerprint density at radius 3 is 2.78 bits per heavy atom. The number of ether oxygens (including phenoxy) is 1. The topological polar surface area (TPSA) is 33.0 Å². The first kappa shape index (κ1) is 12.6. The molecule has 2 aromatic carbocycles. The normalized spacial score (nSPS) is 9.83. The summed E-state index contributed by atoms with van der Waals surface area (Å²) in [5, 5.41) is 8.74. The number of benzene rings is 2. The molecule has 4 heteroatoms. The minimum absolute atomic E-state index is 0.225. The van der Waals surface area contributed by atoms with E-state index in [1.807, 2.05) is 30.3 Å². The van der Waals surface area contributed by atoms with Gasteiger partial charge in [-0.25, -0.2) is 4.39 Å². The second-order valence-electron chi connectivity index (χ2n) is 3.71. The molecule has 2 rings (SSSR count). The largest absolute Gasteiger partial charge is 0.489 e. The van der Waals surface area contributed by atoms with Crippen molar-refractivity contribution in [3.63, 3.8) is 0 Å². The van der Waals surface area contributed by atoms with E-state index in [9.17, 15) is 4.39 Å². The van der Waals surface area contributed by atoms with Crippen LogP contribution >= 0.6 is 15.9 Å². The van der Waals surface area contributed by atoms with Crippen molar-refractivity contribution in [1.29, 1.82) is 5.26 Å². The van der Waals surface area contributed by atoms with E-state index >= 15 is 0 Å². The maximum atomic E-state index is 13.2. The lowest BCUT2D eigenvalue weighted by molar-refractivity contribution is 0.305. The Balaban J connectivity index is 2.11. The summed E-state index contributed by atoms with van der Waals surface area (Å²) >= 11 is 3.34. The fourth-order valence-corrected chi connectivity index (χ4v) is 1.90. The molecule has 2 nitrogen and oxygen atoms in total. The fraction of sp³-hybridized carbons (Fsp3) is 0.0714. The highest BCUT2D eigenvalue weighted by Gasteiger charge is 2.02. The monoisotopic (exact) mass is 305 g/mol. The van der Waals surface area contributed by atoms with Gasteiger partial charge in [-0.2, -0.15) is 5.26 Å². The molecule has 0 saturated heterocycles. The van der Waals surface area contributed by atoms with Crippen molar-refractivity contribution in [2.24, 2.45) is 0 Å². The molecule has 2 aromatic rings. The van der Waals surface area contributed by atoms with Crippen molar-refractivity contribution in [3.05, 3.63) is 63.9 Å². The smallest absolute Gasteiger partial charge is 0.124 e. The molecule has 0 aliphatic carbocycles. The maximum Gasteiger partial charge on any atom is 0.124 e. The van der Waals surface area contributed by atoms with E-state index in [1.54, 1.807) is 6.07 Å². The van der Waals surface area contributed by atoms with Crippen LogP contribution in [0.25, 0.3) is 0 Å². The van der Waals surface area contributed by atoms with Crippen LogP contribution in [0.2, 0.25) is 0 Å². The van der Waals surface area contributed by atoms with Gasteiger partial charge in [0.15, 0.2) is 0 Å². The number of halogens is 2. The van der Waals surface area contributed by atoms with Crippen LogP contribution in [0, 0.1) is 17.1 Å². The van der Waals surface area contributed by atoms with E-state index in [4.69, 9.17) is 10.00 Å². The minimum Gasteiger partial charge on any atom is -0.489 e. The molecule has 0 atom stereocenters. The van der Waals surface area contributed by atoms with Gasteiger partial charge >= 0.3 is 0 Å². The third-order valence-electron chi connectivity index (χ3n) is 2.29. The molecular weight excluding hydrogens is 297 g/mol. The summed E-state index contributed by atoms with van der Waals surface area (Å²) in [7, 11) is 0. The third kappa shape index (κ3) is 3.31. The molecule has 0 saturated carbocycles. The highest BCUT2D eigenvalue weighted by atomic mass is 79.9. The SMILES string of the molecule is N#Cc1cc(F)cc(COc2cccc(Br)c2)c1. The molecule has 0 bridgehead atoms. The summed E-state index contributed by atoms with van der Waals surface area (Å²) in [6, 6.07) is 13.5. The van der Waals surface area contributed by atoms with Gasteiger partial charge in [-0.15, -0.1) is 0 Å². The summed E-state index contributed by atoms with van der Waals surface area (Å²) in [4.78, 5) is 0. The minimum atomic E-state index is -0.429. The molecule has 0 unspecified atom stereocenters. The zero-order valence-electron chi connectivity index (χ0n) is 9.36. The van der Waals surface area contributed by atoms with Crippen molar-refractivity contribution in [2.45, 2.75) is 6.61 Å². The van der Waals surface area contributed by atoms with Crippen LogP contribution < -0.4 is 4.74 Å². The average molecular weight is 306 g/mol. The summed E-state index contributed by atoms with van der Waals surface area (Å²) < 4.78 is 19.6. The molecule has 0 fully saturated rings. The van der Waals surface area contributed by atoms with Gasteiger partial charge in [0.2, 0.25) is 0 Å². The maximum absolute atomic E-state index is 13.2. The zero-order valence-corrected chi connectivity index (χ0v) is 10.9. The Morgan fingerprint density at radius 2 is 2.06 bits per heavy atom. The van der Waals surface area contributed by atoms with Crippen LogP contribution in [0.5, 0.6) is 5.75 Å². The predicted molar refractivity (Wildman–Crippen MR) is 69.6 cm³/mol. The van der Waals surface area contributed by atoms with Crippen molar-refractivity contribution >= 4 is 15.9 Å². The van der Waals surface area contributed by atoms with Gasteiger partial charge < -0.3 is 4.74 Å². The van der Waals surface area contributed by atoms with Crippen molar-refractivity contribution in [3.8, 4) is 11.8 Å². The average Bonchev–Trinajstić information content (AvgIpc) is 2.36. The van der Waals surface area contributed by atoms with Crippen molar-refractivity contribution < 1.29 is 9.13 Å². The highest BCUT2D eigenvalue weighted by Crippen LogP contribution is 2.19. The summed E-state index contributed by atoms with van der Waals surface area (Å²) in [5.74, 6) is 0.258. The number of hydrogen-bond acceptors (Lipinski definition) is 2. The Kier molecular flexibility index (Phi) is 3.96. The van der Waals surface area contributed by atoms with Gasteiger partial charge in [0.05, 0.1) is 11.6 Å². The van der Waals surface area contributed by atoms with Crippen LogP contribution in [0.15, 0.2) is 46.9 Å². The first-order valence-electron chi connectivity index (χ1n) is 5.25. The molecule has 18 heavy (non-hydrogen) atoms. The van der Waals surface area contributed by atoms with E-state index in [1.165, 1.54) is 12.1 Å². The summed E-state index contributed by atoms with van der Waals surface area (Å²) in [6.45, 7) is 0.225. The number of rotatable bonds is 3. The summed E-state index contributed by atoms with van der Waals surface area (Å²) in [6.07, 6.45) is 0. The lowest BCUT2D eigenvalue weighted by Gasteiger charge is -2.07. The van der Waals surface area contributed by atoms with E-state index in [-0.39, 0.29) is 6.61 Å². The second-order valence-corrected chi connectivity index (χ2v) is 4.62. The van der Waals surface area contributed by atoms with Crippen molar-refractivity contribution in [2.75, 3.05) is 0 Å². The van der Waals surface area contributed by atoms with E-state index in [0.29, 0.717) is 16.9 Å². The van der Waals surface area contributed by atoms with E-state index in [0.717, 1.165) is 4.47 Å². The molecule has 0 spiro atoms. The Hall–Kier alpha value is -1.86. The number of nitriles is 1. The van der Waals surface area contributed by atoms with Crippen LogP contribution in [-0.2, 0) is 6.61 Å². The van der Waals surface area contributed by atoms with Gasteiger partial charge in [-0.1, -0.05) is 22.0 Å². The lowest BCUT2D eigenvalue weighted by atomic mass is 10.1. The lowest BCUT2D eigenvalue weighted by Crippen LogP contribution is -1.97. The second kappa shape index (κ2) is 5.65. The highest BCUT2D eigenvalue weighted by molar-refractivity contribution is 9.10. The molecule has 0 heterocycles. The van der Waals surface area contributed by atoms with Gasteiger partial charge in [-0.3, -0.25) is 0 Å². The molecular formula is C14H9BrFNO. The Labute approximate surface area is 113 Å². The molecule has 0 aromatic heterocycles. The first-order valence-corrected chi connectivity index (χ1v) is 6.04. The number of hydrogen-bond donors (Lipinski definition) is 0. The van der Waals surface area contributed by atoms with Gasteiger partial charge in [0.25, 0.3) is 0 Å². The van der Waals surface area contributed by atoms with Crippen LogP contribution in [0.1, 0.15) is 11.1 Å². The van der Waals surface area contributed by atoms with Gasteiger partial charge in [-0.05, 0) is 42.0 Å². The summed E-state index contributed by atoms with van der Waals surface area (Å²) in [5.41, 5.74) is 0.925. The first-order chi connectivity index (χ1) is 8.67. The molecule has 0 aliphatic rings. The fourth-order valence-electron chi connectivity index (χ4n) is 1.52. The molecule has 0 N–H and O–H groups in total. The third-order valence-corrected chi connectivity index (χ3v) is 2.78.